The van der Waals surface area contributed by atoms with Crippen molar-refractivity contribution in [1.29, 1.82) is 0 Å². The Labute approximate surface area is 317 Å². The molecule has 5 aromatic rings. The zero-order chi connectivity index (χ0) is 40.0. The van der Waals surface area contributed by atoms with Crippen molar-refractivity contribution in [2.24, 2.45) is 28.5 Å². The number of hydrogen-bond acceptors (Lipinski definition) is 7. The summed E-state index contributed by atoms with van der Waals surface area (Å²) in [5, 5.41) is 20.1. The standard InChI is InChI=1S/C39H45N11O5/c1-9-49-30(14-22(5)44-49)37(54)42-36-26(33-29(46(36)7)17-25(35(41)53)18-32(33)51)13-20(3)21(4)19-48-27-12-11-24(34(40)52)16-28(27)47(8)39(48)43-38(55)31-15-23(6)45-50(31)10-2/h11-12,14-18,26,51H,9-10,13,19H2,1-8H3,(H2,40,52)(H2,41,53)/b21-20+,42-36?,43-39?. The van der Waals surface area contributed by atoms with E-state index in [1.165, 1.54) is 6.07 Å². The maximum atomic E-state index is 13.7. The molecule has 4 amide bonds. The highest BCUT2D eigenvalue weighted by Crippen LogP contribution is 2.46. The molecule has 2 aromatic carbocycles. The average Bonchev–Trinajstić information content (AvgIpc) is 3.86. The molecule has 1 aliphatic rings. The number of phenolic OH excluding ortho intramolecular Hbond substituents is 1. The Balaban J connectivity index is 1.47. The van der Waals surface area contributed by atoms with Gasteiger partial charge < -0.3 is 30.6 Å². The molecule has 5 N–H and O–H groups in total. The van der Waals surface area contributed by atoms with Crippen molar-refractivity contribution < 1.29 is 24.3 Å². The lowest BCUT2D eigenvalue weighted by Crippen LogP contribution is -2.28. The quantitative estimate of drug-likeness (QED) is 0.178. The predicted molar refractivity (Wildman–Crippen MR) is 207 cm³/mol. The van der Waals surface area contributed by atoms with Crippen LogP contribution in [0.15, 0.2) is 63.6 Å². The largest absolute Gasteiger partial charge is 0.508 e. The van der Waals surface area contributed by atoms with E-state index in [0.717, 1.165) is 11.1 Å². The minimum Gasteiger partial charge on any atom is -0.508 e. The number of hydrogen-bond donors (Lipinski definition) is 3. The fourth-order valence-electron chi connectivity index (χ4n) is 7.17. The molecule has 0 saturated heterocycles. The number of benzene rings is 2. The van der Waals surface area contributed by atoms with Crippen molar-refractivity contribution in [3.63, 3.8) is 0 Å². The molecule has 1 aliphatic heterocycles. The van der Waals surface area contributed by atoms with E-state index >= 15 is 0 Å². The summed E-state index contributed by atoms with van der Waals surface area (Å²) in [7, 11) is 3.50. The molecule has 4 heterocycles. The number of carbonyl (C=O) groups excluding carboxylic acids is 4. The second-order valence-corrected chi connectivity index (χ2v) is 13.8. The van der Waals surface area contributed by atoms with Crippen molar-refractivity contribution >= 4 is 46.2 Å². The Hall–Kier alpha value is -6.58. The lowest BCUT2D eigenvalue weighted by atomic mass is 9.90. The summed E-state index contributed by atoms with van der Waals surface area (Å²) < 4.78 is 6.84. The number of likely N-dealkylation sites (N-methyl/N-ethyl adjacent to an activating group) is 1. The van der Waals surface area contributed by atoms with Gasteiger partial charge in [0.2, 0.25) is 17.4 Å². The monoisotopic (exact) mass is 747 g/mol. The van der Waals surface area contributed by atoms with Crippen LogP contribution in [0.5, 0.6) is 5.75 Å². The molecule has 6 rings (SSSR count). The lowest BCUT2D eigenvalue weighted by Gasteiger charge is -2.18. The van der Waals surface area contributed by atoms with E-state index in [1.807, 2.05) is 39.2 Å². The SMILES string of the molecule is CCn1nc(C)cc1C(=O)N=C1C(C/C(C)=C(\C)Cn2c(=NC(=O)c3cc(C)nn3CC)n(C)c3cc(C(N)=O)ccc32)c2c(O)cc(C(N)=O)cc2N1C. The molecule has 3 aromatic heterocycles. The van der Waals surface area contributed by atoms with E-state index in [2.05, 4.69) is 20.2 Å². The average molecular weight is 748 g/mol. The van der Waals surface area contributed by atoms with Crippen LogP contribution in [0.2, 0.25) is 0 Å². The third-order valence-corrected chi connectivity index (χ3v) is 10.1. The number of aromatic hydroxyl groups is 1. The van der Waals surface area contributed by atoms with Crippen molar-refractivity contribution in [3.8, 4) is 5.75 Å². The van der Waals surface area contributed by atoms with Crippen LogP contribution in [0.25, 0.3) is 11.0 Å². The van der Waals surface area contributed by atoms with Crippen molar-refractivity contribution in [1.82, 2.24) is 28.7 Å². The number of rotatable bonds is 10. The van der Waals surface area contributed by atoms with E-state index in [1.54, 1.807) is 76.2 Å². The van der Waals surface area contributed by atoms with Gasteiger partial charge in [0, 0.05) is 50.4 Å². The third kappa shape index (κ3) is 6.98. The van der Waals surface area contributed by atoms with E-state index in [9.17, 15) is 24.3 Å². The molecular weight excluding hydrogens is 703 g/mol. The fourth-order valence-corrected chi connectivity index (χ4v) is 7.17. The van der Waals surface area contributed by atoms with Crippen molar-refractivity contribution in [3.05, 3.63) is 98.7 Å². The number of phenols is 1. The molecule has 0 bridgehead atoms. The Morgan fingerprint density at radius 2 is 1.36 bits per heavy atom. The highest BCUT2D eigenvalue weighted by Gasteiger charge is 2.38. The van der Waals surface area contributed by atoms with E-state index in [-0.39, 0.29) is 11.3 Å². The molecule has 1 unspecified atom stereocenters. The minimum absolute atomic E-state index is 0.118. The highest BCUT2D eigenvalue weighted by atomic mass is 16.3. The van der Waals surface area contributed by atoms with Gasteiger partial charge in [-0.05, 0) is 90.4 Å². The molecule has 0 fully saturated rings. The normalized spacial score (nSPS) is 15.6. The Morgan fingerprint density at radius 1 is 0.782 bits per heavy atom. The zero-order valence-electron chi connectivity index (χ0n) is 32.2. The van der Waals surface area contributed by atoms with Gasteiger partial charge in [-0.3, -0.25) is 28.5 Å². The van der Waals surface area contributed by atoms with Crippen LogP contribution in [-0.2, 0) is 26.7 Å². The second kappa shape index (κ2) is 14.7. The minimum atomic E-state index is -0.706. The molecule has 1 atom stereocenters. The molecule has 55 heavy (non-hydrogen) atoms. The number of nitrogens with two attached hydrogens (primary N) is 2. The number of anilines is 1. The molecule has 16 heteroatoms. The fraction of sp³-hybridized carbons (Fsp3) is 0.333. The van der Waals surface area contributed by atoms with Gasteiger partial charge in [-0.15, -0.1) is 0 Å². The topological polar surface area (TPSA) is 214 Å². The smallest absolute Gasteiger partial charge is 0.298 e. The van der Waals surface area contributed by atoms with Gasteiger partial charge in [-0.25, -0.2) is 0 Å². The summed E-state index contributed by atoms with van der Waals surface area (Å²) in [5.74, 6) is -2.61. The number of fused-ring (bicyclic) bond motifs is 2. The van der Waals surface area contributed by atoms with Crippen LogP contribution in [0.1, 0.15) is 98.7 Å². The molecule has 0 spiro atoms. The number of carbonyl (C=O) groups is 4. The number of allylic oxidation sites excluding steroid dienone is 2. The zero-order valence-corrected chi connectivity index (χ0v) is 32.2. The molecular formula is C39H45N11O5. The number of amidine groups is 1. The van der Waals surface area contributed by atoms with E-state index in [0.29, 0.717) is 88.1 Å². The van der Waals surface area contributed by atoms with Gasteiger partial charge in [0.05, 0.1) is 34.0 Å². The number of aryl methyl sites for hydroxylation is 5. The summed E-state index contributed by atoms with van der Waals surface area (Å²) in [6.45, 7) is 12.6. The van der Waals surface area contributed by atoms with E-state index < -0.39 is 29.5 Å². The van der Waals surface area contributed by atoms with Gasteiger partial charge >= 0.3 is 0 Å². The molecule has 16 nitrogen and oxygen atoms in total. The first kappa shape index (κ1) is 38.2. The Bertz CT molecular complexity index is 2560. The van der Waals surface area contributed by atoms with Gasteiger partial charge in [0.25, 0.3) is 11.8 Å². The number of aliphatic imine (C=N–C) groups is 1. The first-order valence-electron chi connectivity index (χ1n) is 17.9. The first-order valence-corrected chi connectivity index (χ1v) is 17.9. The number of primary amides is 2. The van der Waals surface area contributed by atoms with Crippen LogP contribution in [0.3, 0.4) is 0 Å². The van der Waals surface area contributed by atoms with Crippen LogP contribution in [-0.4, -0.2) is 70.3 Å². The first-order chi connectivity index (χ1) is 26.0. The van der Waals surface area contributed by atoms with Crippen LogP contribution in [0.4, 0.5) is 5.69 Å². The Morgan fingerprint density at radius 3 is 1.93 bits per heavy atom. The lowest BCUT2D eigenvalue weighted by molar-refractivity contribution is 0.0979. The van der Waals surface area contributed by atoms with E-state index in [4.69, 9.17) is 11.5 Å². The highest BCUT2D eigenvalue weighted by molar-refractivity contribution is 6.15. The number of nitrogens with zero attached hydrogens (tertiary/aromatic N) is 9. The number of imidazole rings is 1. The van der Waals surface area contributed by atoms with Gasteiger partial charge in [-0.2, -0.15) is 20.2 Å². The van der Waals surface area contributed by atoms with Gasteiger partial charge in [0.15, 0.2) is 0 Å². The molecule has 286 valence electrons. The maximum Gasteiger partial charge on any atom is 0.298 e. The summed E-state index contributed by atoms with van der Waals surface area (Å²) in [4.78, 5) is 62.6. The van der Waals surface area contributed by atoms with Crippen molar-refractivity contribution in [2.75, 3.05) is 11.9 Å². The number of amides is 4. The van der Waals surface area contributed by atoms with Crippen molar-refractivity contribution in [2.45, 2.75) is 73.5 Å². The van der Waals surface area contributed by atoms with Crippen LogP contribution >= 0.6 is 0 Å². The molecule has 0 radical (unpaired) electrons. The summed E-state index contributed by atoms with van der Waals surface area (Å²) in [6.07, 6.45) is 0.336. The van der Waals surface area contributed by atoms with Gasteiger partial charge in [-0.1, -0.05) is 11.1 Å². The summed E-state index contributed by atoms with van der Waals surface area (Å²) >= 11 is 0. The van der Waals surface area contributed by atoms with Gasteiger partial charge in [0.1, 0.15) is 23.0 Å². The summed E-state index contributed by atoms with van der Waals surface area (Å²) in [5.41, 5.74) is 18.2. The molecule has 0 aliphatic carbocycles. The number of aromatic nitrogens is 6. The third-order valence-electron chi connectivity index (χ3n) is 10.1. The van der Waals surface area contributed by atoms with Crippen LogP contribution < -0.4 is 22.0 Å². The predicted octanol–water partition coefficient (Wildman–Crippen LogP) is 3.87. The summed E-state index contributed by atoms with van der Waals surface area (Å²) in [6, 6.07) is 11.4. The second-order valence-electron chi connectivity index (χ2n) is 13.8. The molecule has 0 saturated carbocycles. The van der Waals surface area contributed by atoms with Crippen LogP contribution in [0, 0.1) is 13.8 Å². The Kier molecular flexibility index (Phi) is 10.2. The maximum absolute atomic E-state index is 13.7.